The number of thiazole rings is 1. The van der Waals surface area contributed by atoms with Crippen LogP contribution in [0.3, 0.4) is 0 Å². The molecule has 1 N–H and O–H groups in total. The van der Waals surface area contributed by atoms with Gasteiger partial charge in [0.05, 0.1) is 12.3 Å². The van der Waals surface area contributed by atoms with E-state index < -0.39 is 5.97 Å². The molecule has 0 radical (unpaired) electrons. The minimum atomic E-state index is -0.417. The van der Waals surface area contributed by atoms with Crippen molar-refractivity contribution in [2.45, 2.75) is 26.7 Å². The van der Waals surface area contributed by atoms with Crippen molar-refractivity contribution in [2.24, 2.45) is 0 Å². The molecule has 7 nitrogen and oxygen atoms in total. The molecule has 1 aromatic carbocycles. The normalized spacial score (nSPS) is 12.5. The molecule has 1 amide bonds. The first-order valence-corrected chi connectivity index (χ1v) is 9.21. The topological polar surface area (TPSA) is 86.8 Å². The third-order valence-electron chi connectivity index (χ3n) is 3.75. The molecule has 8 heteroatoms. The fraction of sp³-hybridized carbons (Fsp3) is 0.389. The summed E-state index contributed by atoms with van der Waals surface area (Å²) in [5.74, 6) is 0.862. The lowest BCUT2D eigenvalue weighted by molar-refractivity contribution is -0.116. The molecule has 0 saturated heterocycles. The molecule has 138 valence electrons. The summed E-state index contributed by atoms with van der Waals surface area (Å²) < 4.78 is 16.0. The Hall–Kier alpha value is -2.61. The van der Waals surface area contributed by atoms with Gasteiger partial charge in [-0.1, -0.05) is 17.4 Å². The minimum Gasteiger partial charge on any atom is -0.486 e. The third-order valence-corrected chi connectivity index (χ3v) is 4.80. The first-order valence-electron chi connectivity index (χ1n) is 8.39. The maximum atomic E-state index is 12.2. The van der Waals surface area contributed by atoms with Crippen molar-refractivity contribution < 1.29 is 23.8 Å². The molecule has 0 unspecified atom stereocenters. The molecule has 0 bridgehead atoms. The van der Waals surface area contributed by atoms with Crippen molar-refractivity contribution in [1.82, 2.24) is 4.98 Å². The number of ether oxygens (including phenoxy) is 3. The van der Waals surface area contributed by atoms with E-state index in [1.54, 1.807) is 13.8 Å². The number of rotatable bonds is 6. The lowest BCUT2D eigenvalue weighted by atomic mass is 10.1. The fourth-order valence-corrected chi connectivity index (χ4v) is 3.40. The summed E-state index contributed by atoms with van der Waals surface area (Å²) in [5, 5.41) is 3.14. The number of nitrogens with one attached hydrogen (secondary N) is 1. The third kappa shape index (κ3) is 4.32. The fourth-order valence-electron chi connectivity index (χ4n) is 2.52. The molecule has 26 heavy (non-hydrogen) atoms. The summed E-state index contributed by atoms with van der Waals surface area (Å²) in [6.45, 7) is 4.84. The largest absolute Gasteiger partial charge is 0.486 e. The van der Waals surface area contributed by atoms with Gasteiger partial charge in [-0.25, -0.2) is 9.78 Å². The van der Waals surface area contributed by atoms with Crippen LogP contribution in [0.2, 0.25) is 0 Å². The van der Waals surface area contributed by atoms with Crippen LogP contribution in [-0.2, 0) is 16.0 Å². The number of nitrogens with zero attached hydrogens (tertiary/aromatic N) is 1. The Labute approximate surface area is 155 Å². The number of aryl methyl sites for hydroxylation is 2. The Morgan fingerprint density at radius 2 is 2.04 bits per heavy atom. The first-order chi connectivity index (χ1) is 12.6. The van der Waals surface area contributed by atoms with E-state index in [2.05, 4.69) is 10.3 Å². The molecule has 0 atom stereocenters. The van der Waals surface area contributed by atoms with Crippen molar-refractivity contribution in [3.8, 4) is 11.5 Å². The minimum absolute atomic E-state index is 0.163. The smallest absolute Gasteiger partial charge is 0.350 e. The molecule has 1 aromatic heterocycles. The van der Waals surface area contributed by atoms with Gasteiger partial charge in [0, 0.05) is 6.42 Å². The van der Waals surface area contributed by atoms with Gasteiger partial charge in [0.2, 0.25) is 5.91 Å². The van der Waals surface area contributed by atoms with Crippen molar-refractivity contribution in [2.75, 3.05) is 25.1 Å². The van der Waals surface area contributed by atoms with Gasteiger partial charge in [-0.3, -0.25) is 4.79 Å². The maximum Gasteiger partial charge on any atom is 0.350 e. The average molecular weight is 376 g/mol. The zero-order valence-electron chi connectivity index (χ0n) is 14.7. The van der Waals surface area contributed by atoms with Crippen molar-refractivity contribution in [1.29, 1.82) is 0 Å². The van der Waals surface area contributed by atoms with Gasteiger partial charge < -0.3 is 19.5 Å². The molecule has 3 rings (SSSR count). The molecular formula is C18H20N2O5S. The number of hydrogen-bond acceptors (Lipinski definition) is 7. The number of fused-ring (bicyclic) bond motifs is 1. The maximum absolute atomic E-state index is 12.2. The first kappa shape index (κ1) is 18.2. The molecule has 1 aliphatic rings. The van der Waals surface area contributed by atoms with Crippen LogP contribution in [-0.4, -0.2) is 36.7 Å². The van der Waals surface area contributed by atoms with Gasteiger partial charge in [-0.05, 0) is 38.0 Å². The number of anilines is 1. The Morgan fingerprint density at radius 1 is 1.27 bits per heavy atom. The Balaban J connectivity index is 1.56. The van der Waals surface area contributed by atoms with Crippen LogP contribution in [0.15, 0.2) is 18.2 Å². The average Bonchev–Trinajstić information content (AvgIpc) is 3.00. The van der Waals surface area contributed by atoms with Gasteiger partial charge in [0.1, 0.15) is 18.1 Å². The number of benzene rings is 1. The van der Waals surface area contributed by atoms with Crippen molar-refractivity contribution in [3.63, 3.8) is 0 Å². The van der Waals surface area contributed by atoms with E-state index in [1.165, 1.54) is 0 Å². The van der Waals surface area contributed by atoms with Gasteiger partial charge in [0.15, 0.2) is 16.6 Å². The highest BCUT2D eigenvalue weighted by molar-refractivity contribution is 7.17. The number of carbonyl (C=O) groups excluding carboxylic acids is 2. The van der Waals surface area contributed by atoms with E-state index in [9.17, 15) is 9.59 Å². The van der Waals surface area contributed by atoms with Crippen LogP contribution in [0.5, 0.6) is 11.5 Å². The lowest BCUT2D eigenvalue weighted by Gasteiger charge is -2.18. The van der Waals surface area contributed by atoms with Gasteiger partial charge in [-0.2, -0.15) is 0 Å². The molecule has 2 aromatic rings. The van der Waals surface area contributed by atoms with E-state index in [4.69, 9.17) is 14.2 Å². The van der Waals surface area contributed by atoms with Crippen LogP contribution >= 0.6 is 11.3 Å². The molecule has 1 aliphatic heterocycles. The second-order valence-corrected chi connectivity index (χ2v) is 6.68. The summed E-state index contributed by atoms with van der Waals surface area (Å²) >= 11 is 1.12. The van der Waals surface area contributed by atoms with E-state index in [0.29, 0.717) is 54.1 Å². The van der Waals surface area contributed by atoms with Crippen molar-refractivity contribution in [3.05, 3.63) is 34.3 Å². The predicted molar refractivity (Wildman–Crippen MR) is 97.2 cm³/mol. The van der Waals surface area contributed by atoms with Gasteiger partial charge >= 0.3 is 5.97 Å². The second-order valence-electron chi connectivity index (χ2n) is 5.68. The number of carbonyl (C=O) groups is 2. The molecule has 0 aliphatic carbocycles. The Kier molecular flexibility index (Phi) is 5.72. The van der Waals surface area contributed by atoms with Gasteiger partial charge in [-0.15, -0.1) is 0 Å². The van der Waals surface area contributed by atoms with Crippen molar-refractivity contribution >= 4 is 28.3 Å². The molecule has 0 saturated carbocycles. The van der Waals surface area contributed by atoms with Crippen LogP contribution < -0.4 is 14.8 Å². The standard InChI is InChI=1S/C18H20N2O5S/c1-3-23-17(22)16-11(2)19-18(26-16)20-15(21)7-5-12-4-6-13-14(10-12)25-9-8-24-13/h4,6,10H,3,5,7-9H2,1-2H3,(H,19,20,21). The van der Waals surface area contributed by atoms with Crippen LogP contribution in [0.1, 0.15) is 34.3 Å². The highest BCUT2D eigenvalue weighted by Crippen LogP contribution is 2.31. The Morgan fingerprint density at radius 3 is 2.81 bits per heavy atom. The monoisotopic (exact) mass is 376 g/mol. The quantitative estimate of drug-likeness (QED) is 0.780. The van der Waals surface area contributed by atoms with Crippen LogP contribution in [0.25, 0.3) is 0 Å². The summed E-state index contributed by atoms with van der Waals surface area (Å²) in [6, 6.07) is 5.68. The van der Waals surface area contributed by atoms with E-state index >= 15 is 0 Å². The SMILES string of the molecule is CCOC(=O)c1sc(NC(=O)CCc2ccc3c(c2)OCCO3)nc1C. The Bertz CT molecular complexity index is 818. The van der Waals surface area contributed by atoms with E-state index in [-0.39, 0.29) is 5.91 Å². The summed E-state index contributed by atoms with van der Waals surface area (Å²) in [4.78, 5) is 28.6. The predicted octanol–water partition coefficient (Wildman–Crippen LogP) is 2.97. The highest BCUT2D eigenvalue weighted by Gasteiger charge is 2.18. The molecular weight excluding hydrogens is 356 g/mol. The zero-order chi connectivity index (χ0) is 18.5. The highest BCUT2D eigenvalue weighted by atomic mass is 32.1. The summed E-state index contributed by atoms with van der Waals surface area (Å²) in [6.07, 6.45) is 0.866. The lowest BCUT2D eigenvalue weighted by Crippen LogP contribution is -2.15. The zero-order valence-corrected chi connectivity index (χ0v) is 15.5. The molecule has 0 spiro atoms. The second kappa shape index (κ2) is 8.18. The summed E-state index contributed by atoms with van der Waals surface area (Å²) in [5.41, 5.74) is 1.54. The molecule has 2 heterocycles. The number of aromatic nitrogens is 1. The number of amides is 1. The van der Waals surface area contributed by atoms with E-state index in [0.717, 1.165) is 22.6 Å². The number of hydrogen-bond donors (Lipinski definition) is 1. The van der Waals surface area contributed by atoms with Gasteiger partial charge in [0.25, 0.3) is 0 Å². The van der Waals surface area contributed by atoms with Crippen LogP contribution in [0.4, 0.5) is 5.13 Å². The summed E-state index contributed by atoms with van der Waals surface area (Å²) in [7, 11) is 0. The number of esters is 1. The van der Waals surface area contributed by atoms with E-state index in [1.807, 2.05) is 18.2 Å². The molecule has 0 fully saturated rings. The van der Waals surface area contributed by atoms with Crippen LogP contribution in [0, 0.1) is 6.92 Å².